The number of nitrogens with zero attached hydrogens (tertiary/aromatic N) is 3. The number of nitrogens with one attached hydrogen (secondary N) is 2. The molecule has 1 atom stereocenters. The summed E-state index contributed by atoms with van der Waals surface area (Å²) < 4.78 is 25.6. The summed E-state index contributed by atoms with van der Waals surface area (Å²) in [7, 11) is 0. The van der Waals surface area contributed by atoms with Crippen molar-refractivity contribution in [3.63, 3.8) is 0 Å². The number of carbonyl (C=O) groups excluding carboxylic acids is 1. The first-order valence-electron chi connectivity index (χ1n) is 6.72. The van der Waals surface area contributed by atoms with Crippen molar-refractivity contribution < 1.29 is 13.6 Å². The molecule has 0 aliphatic carbocycles. The topological polar surface area (TPSA) is 71.8 Å². The van der Waals surface area contributed by atoms with Crippen molar-refractivity contribution in [2.75, 3.05) is 5.32 Å². The molecule has 0 radical (unpaired) electrons. The molecule has 2 heterocycles. The predicted octanol–water partition coefficient (Wildman–Crippen LogP) is 3.05. The van der Waals surface area contributed by atoms with Crippen LogP contribution in [0.25, 0.3) is 0 Å². The molecule has 22 heavy (non-hydrogen) atoms. The summed E-state index contributed by atoms with van der Waals surface area (Å²) >= 11 is 1.46. The Morgan fingerprint density at radius 2 is 2.32 bits per heavy atom. The van der Waals surface area contributed by atoms with Gasteiger partial charge in [0, 0.05) is 17.8 Å². The zero-order chi connectivity index (χ0) is 16.2. The molecule has 0 saturated carbocycles. The van der Waals surface area contributed by atoms with E-state index in [2.05, 4.69) is 20.7 Å². The molecule has 2 aromatic heterocycles. The molecule has 2 N–H and O–H groups in total. The highest BCUT2D eigenvalue weighted by atomic mass is 32.1. The number of urea groups is 1. The lowest BCUT2D eigenvalue weighted by molar-refractivity contribution is 0.122. The van der Waals surface area contributed by atoms with Gasteiger partial charge >= 0.3 is 6.03 Å². The molecule has 9 heteroatoms. The second kappa shape index (κ2) is 6.82. The van der Waals surface area contributed by atoms with Gasteiger partial charge in [-0.05, 0) is 13.3 Å². The van der Waals surface area contributed by atoms with Crippen LogP contribution in [0.3, 0.4) is 0 Å². The molecule has 6 nitrogen and oxygen atoms in total. The summed E-state index contributed by atoms with van der Waals surface area (Å²) in [6.45, 7) is 3.32. The number of rotatable bonds is 6. The second-order valence-corrected chi connectivity index (χ2v) is 5.84. The number of alkyl halides is 2. The molecule has 0 bridgehead atoms. The third-order valence-electron chi connectivity index (χ3n) is 3.22. The van der Waals surface area contributed by atoms with Crippen molar-refractivity contribution in [3.8, 4) is 0 Å². The van der Waals surface area contributed by atoms with E-state index < -0.39 is 24.5 Å². The van der Waals surface area contributed by atoms with E-state index in [0.29, 0.717) is 12.1 Å². The SMILES string of the molecule is CC[C@](C)(NC(=O)Nc1cnn(CC(F)F)c1)c1nccs1. The van der Waals surface area contributed by atoms with E-state index in [1.54, 1.807) is 6.20 Å². The Morgan fingerprint density at radius 1 is 1.55 bits per heavy atom. The monoisotopic (exact) mass is 329 g/mol. The Labute approximate surface area is 130 Å². The summed E-state index contributed by atoms with van der Waals surface area (Å²) in [6.07, 6.45) is 2.54. The zero-order valence-corrected chi connectivity index (χ0v) is 13.0. The van der Waals surface area contributed by atoms with E-state index in [1.807, 2.05) is 19.2 Å². The number of carbonyl (C=O) groups is 1. The van der Waals surface area contributed by atoms with Gasteiger partial charge in [-0.15, -0.1) is 11.3 Å². The van der Waals surface area contributed by atoms with Gasteiger partial charge in [0.25, 0.3) is 6.43 Å². The maximum Gasteiger partial charge on any atom is 0.320 e. The van der Waals surface area contributed by atoms with E-state index in [9.17, 15) is 13.6 Å². The first kappa shape index (κ1) is 16.3. The van der Waals surface area contributed by atoms with E-state index in [0.717, 1.165) is 9.69 Å². The van der Waals surface area contributed by atoms with Crippen LogP contribution in [0, 0.1) is 0 Å². The number of hydrogen-bond donors (Lipinski definition) is 2. The van der Waals surface area contributed by atoms with Crippen molar-refractivity contribution in [3.05, 3.63) is 29.0 Å². The fraction of sp³-hybridized carbons (Fsp3) is 0.462. The highest BCUT2D eigenvalue weighted by Gasteiger charge is 2.29. The van der Waals surface area contributed by atoms with Crippen molar-refractivity contribution in [1.29, 1.82) is 0 Å². The molecule has 0 aliphatic rings. The molecule has 0 fully saturated rings. The number of hydrogen-bond acceptors (Lipinski definition) is 4. The normalized spacial score (nSPS) is 13.9. The van der Waals surface area contributed by atoms with E-state index in [-0.39, 0.29) is 0 Å². The predicted molar refractivity (Wildman–Crippen MR) is 80.1 cm³/mol. The van der Waals surface area contributed by atoms with Crippen LogP contribution in [-0.4, -0.2) is 27.2 Å². The molecule has 0 unspecified atom stereocenters. The molecule has 0 saturated heterocycles. The Hall–Kier alpha value is -2.03. The lowest BCUT2D eigenvalue weighted by Gasteiger charge is -2.27. The molecule has 0 aromatic carbocycles. The molecular weight excluding hydrogens is 312 g/mol. The van der Waals surface area contributed by atoms with Gasteiger partial charge in [-0.2, -0.15) is 5.10 Å². The Morgan fingerprint density at radius 3 is 2.91 bits per heavy atom. The summed E-state index contributed by atoms with van der Waals surface area (Å²) in [6, 6.07) is -0.434. The fourth-order valence-electron chi connectivity index (χ4n) is 1.87. The Bertz CT molecular complexity index is 616. The minimum atomic E-state index is -2.49. The van der Waals surface area contributed by atoms with E-state index >= 15 is 0 Å². The third-order valence-corrected chi connectivity index (χ3v) is 4.25. The van der Waals surface area contributed by atoms with Crippen molar-refractivity contribution in [2.24, 2.45) is 0 Å². The quantitative estimate of drug-likeness (QED) is 0.855. The Balaban J connectivity index is 1.98. The molecule has 2 rings (SSSR count). The largest absolute Gasteiger partial charge is 0.326 e. The van der Waals surface area contributed by atoms with Crippen LogP contribution in [0.4, 0.5) is 19.3 Å². The van der Waals surface area contributed by atoms with Gasteiger partial charge in [-0.3, -0.25) is 4.68 Å². The van der Waals surface area contributed by atoms with Gasteiger partial charge in [-0.25, -0.2) is 18.6 Å². The maximum absolute atomic E-state index is 12.3. The summed E-state index contributed by atoms with van der Waals surface area (Å²) in [5.41, 5.74) is -0.229. The first-order valence-corrected chi connectivity index (χ1v) is 7.60. The summed E-state index contributed by atoms with van der Waals surface area (Å²) in [5.74, 6) is 0. The lowest BCUT2D eigenvalue weighted by atomic mass is 10.0. The van der Waals surface area contributed by atoms with Crippen LogP contribution < -0.4 is 10.6 Å². The van der Waals surface area contributed by atoms with E-state index in [4.69, 9.17) is 0 Å². The smallest absolute Gasteiger partial charge is 0.320 e. The maximum atomic E-state index is 12.3. The molecule has 2 amide bonds. The number of amides is 2. The lowest BCUT2D eigenvalue weighted by Crippen LogP contribution is -2.45. The molecular formula is C13H17F2N5OS. The van der Waals surface area contributed by atoms with Crippen LogP contribution >= 0.6 is 11.3 Å². The number of thiazole rings is 1. The Kier molecular flexibility index (Phi) is 5.07. The van der Waals surface area contributed by atoms with Crippen molar-refractivity contribution in [2.45, 2.75) is 38.8 Å². The van der Waals surface area contributed by atoms with Gasteiger partial charge in [0.15, 0.2) is 0 Å². The highest BCUT2D eigenvalue weighted by molar-refractivity contribution is 7.09. The number of anilines is 1. The number of aromatic nitrogens is 3. The van der Waals surface area contributed by atoms with Crippen LogP contribution in [0.5, 0.6) is 0 Å². The summed E-state index contributed by atoms with van der Waals surface area (Å²) in [5, 5.41) is 11.9. The third kappa shape index (κ3) is 4.00. The van der Waals surface area contributed by atoms with Gasteiger partial charge in [-0.1, -0.05) is 6.92 Å². The van der Waals surface area contributed by atoms with Crippen LogP contribution in [0.15, 0.2) is 24.0 Å². The van der Waals surface area contributed by atoms with Gasteiger partial charge in [0.05, 0.1) is 17.4 Å². The molecule has 0 spiro atoms. The zero-order valence-electron chi connectivity index (χ0n) is 12.2. The molecule has 2 aromatic rings. The minimum Gasteiger partial charge on any atom is -0.326 e. The summed E-state index contributed by atoms with van der Waals surface area (Å²) in [4.78, 5) is 16.3. The standard InChI is InChI=1S/C13H17F2N5OS/c1-3-13(2,11-16-4-5-22-11)19-12(21)18-9-6-17-20(7-9)8-10(14)15/h4-7,10H,3,8H2,1-2H3,(H2,18,19,21)/t13-/m0/s1. The average Bonchev–Trinajstić information content (AvgIpc) is 3.09. The second-order valence-electron chi connectivity index (χ2n) is 4.94. The number of halogens is 2. The molecule has 0 aliphatic heterocycles. The van der Waals surface area contributed by atoms with Gasteiger partial charge in [0.2, 0.25) is 0 Å². The highest BCUT2D eigenvalue weighted by Crippen LogP contribution is 2.26. The molecule has 120 valence electrons. The van der Waals surface area contributed by atoms with Gasteiger partial charge < -0.3 is 10.6 Å². The first-order chi connectivity index (χ1) is 10.4. The van der Waals surface area contributed by atoms with Crippen LogP contribution in [0.2, 0.25) is 0 Å². The van der Waals surface area contributed by atoms with Crippen molar-refractivity contribution >= 4 is 23.1 Å². The average molecular weight is 329 g/mol. The van der Waals surface area contributed by atoms with Crippen LogP contribution in [-0.2, 0) is 12.1 Å². The van der Waals surface area contributed by atoms with Crippen LogP contribution in [0.1, 0.15) is 25.3 Å². The fourth-order valence-corrected chi connectivity index (χ4v) is 2.70. The minimum absolute atomic E-state index is 0.357. The van der Waals surface area contributed by atoms with Crippen molar-refractivity contribution in [1.82, 2.24) is 20.1 Å². The van der Waals surface area contributed by atoms with E-state index in [1.165, 1.54) is 23.7 Å². The van der Waals surface area contributed by atoms with Gasteiger partial charge in [0.1, 0.15) is 11.6 Å².